The molecule has 0 aromatic carbocycles. The van der Waals surface area contributed by atoms with Gasteiger partial charge in [0.05, 0.1) is 0 Å². The molecular formula is C12H21N. The molecule has 0 amide bonds. The molecular weight excluding hydrogens is 158 g/mol. The Morgan fingerprint density at radius 2 is 2.15 bits per heavy atom. The van der Waals surface area contributed by atoms with Crippen molar-refractivity contribution in [3.8, 4) is 12.3 Å². The standard InChI is InChI=1S/C12H21N/c1-4-7-11(3)13-12-9-6-5-8-10(12)2/h1,10-13H,5-9H2,2-3H3. The highest BCUT2D eigenvalue weighted by Gasteiger charge is 2.21. The van der Waals surface area contributed by atoms with E-state index in [0.717, 1.165) is 12.3 Å². The van der Waals surface area contributed by atoms with Gasteiger partial charge in [0.1, 0.15) is 0 Å². The first kappa shape index (κ1) is 10.6. The minimum atomic E-state index is 0.482. The van der Waals surface area contributed by atoms with E-state index in [1.807, 2.05) is 0 Å². The highest BCUT2D eigenvalue weighted by Crippen LogP contribution is 2.24. The zero-order valence-electron chi connectivity index (χ0n) is 8.84. The van der Waals surface area contributed by atoms with Crippen molar-refractivity contribution in [3.05, 3.63) is 0 Å². The van der Waals surface area contributed by atoms with Crippen molar-refractivity contribution in [2.45, 2.75) is 58.0 Å². The van der Waals surface area contributed by atoms with Crippen LogP contribution in [-0.2, 0) is 0 Å². The van der Waals surface area contributed by atoms with Crippen LogP contribution in [0.15, 0.2) is 0 Å². The molecule has 74 valence electrons. The largest absolute Gasteiger partial charge is 0.310 e. The van der Waals surface area contributed by atoms with Crippen molar-refractivity contribution in [2.75, 3.05) is 0 Å². The van der Waals surface area contributed by atoms with Crippen molar-refractivity contribution in [3.63, 3.8) is 0 Å². The normalized spacial score (nSPS) is 30.8. The quantitative estimate of drug-likeness (QED) is 0.657. The van der Waals surface area contributed by atoms with Gasteiger partial charge >= 0.3 is 0 Å². The van der Waals surface area contributed by atoms with E-state index in [0.29, 0.717) is 12.1 Å². The first-order valence-corrected chi connectivity index (χ1v) is 5.43. The van der Waals surface area contributed by atoms with Crippen molar-refractivity contribution in [1.82, 2.24) is 5.32 Å². The van der Waals surface area contributed by atoms with Gasteiger partial charge in [-0.3, -0.25) is 0 Å². The Kier molecular flexibility index (Phi) is 4.32. The minimum absolute atomic E-state index is 0.482. The van der Waals surface area contributed by atoms with Crippen LogP contribution in [0.4, 0.5) is 0 Å². The van der Waals surface area contributed by atoms with Crippen molar-refractivity contribution >= 4 is 0 Å². The van der Waals surface area contributed by atoms with Crippen molar-refractivity contribution in [2.24, 2.45) is 5.92 Å². The summed E-state index contributed by atoms with van der Waals surface area (Å²) >= 11 is 0. The predicted molar refractivity (Wildman–Crippen MR) is 57.5 cm³/mol. The Morgan fingerprint density at radius 3 is 2.77 bits per heavy atom. The molecule has 1 aliphatic rings. The van der Waals surface area contributed by atoms with Gasteiger partial charge in [-0.15, -0.1) is 12.3 Å². The van der Waals surface area contributed by atoms with E-state index in [1.165, 1.54) is 25.7 Å². The van der Waals surface area contributed by atoms with Crippen LogP contribution in [0.5, 0.6) is 0 Å². The minimum Gasteiger partial charge on any atom is -0.310 e. The highest BCUT2D eigenvalue weighted by molar-refractivity contribution is 4.90. The molecule has 1 N–H and O–H groups in total. The molecule has 0 bridgehead atoms. The zero-order chi connectivity index (χ0) is 9.68. The molecule has 0 radical (unpaired) electrons. The van der Waals surface area contributed by atoms with Crippen LogP contribution < -0.4 is 5.32 Å². The molecule has 1 nitrogen and oxygen atoms in total. The van der Waals surface area contributed by atoms with Gasteiger partial charge in [-0.1, -0.05) is 19.8 Å². The van der Waals surface area contributed by atoms with Crippen LogP contribution >= 0.6 is 0 Å². The second-order valence-corrected chi connectivity index (χ2v) is 4.34. The zero-order valence-corrected chi connectivity index (χ0v) is 8.84. The summed E-state index contributed by atoms with van der Waals surface area (Å²) in [6, 6.07) is 1.19. The maximum Gasteiger partial charge on any atom is 0.0238 e. The lowest BCUT2D eigenvalue weighted by atomic mass is 9.85. The molecule has 1 aliphatic carbocycles. The molecule has 1 fully saturated rings. The summed E-state index contributed by atoms with van der Waals surface area (Å²) in [6.07, 6.45) is 11.6. The van der Waals surface area contributed by atoms with E-state index in [1.54, 1.807) is 0 Å². The van der Waals surface area contributed by atoms with Gasteiger partial charge in [0.25, 0.3) is 0 Å². The Morgan fingerprint density at radius 1 is 1.46 bits per heavy atom. The summed E-state index contributed by atoms with van der Waals surface area (Å²) in [7, 11) is 0. The lowest BCUT2D eigenvalue weighted by Crippen LogP contribution is -2.42. The van der Waals surface area contributed by atoms with E-state index in [-0.39, 0.29) is 0 Å². The van der Waals surface area contributed by atoms with Crippen LogP contribution in [0.25, 0.3) is 0 Å². The maximum atomic E-state index is 5.28. The van der Waals surface area contributed by atoms with Gasteiger partial charge in [-0.2, -0.15) is 0 Å². The van der Waals surface area contributed by atoms with E-state index < -0.39 is 0 Å². The number of nitrogens with one attached hydrogen (secondary N) is 1. The second kappa shape index (κ2) is 5.29. The fourth-order valence-electron chi connectivity index (χ4n) is 2.17. The highest BCUT2D eigenvalue weighted by atomic mass is 14.9. The fraction of sp³-hybridized carbons (Fsp3) is 0.833. The molecule has 1 rings (SSSR count). The lowest BCUT2D eigenvalue weighted by Gasteiger charge is -2.31. The smallest absolute Gasteiger partial charge is 0.0238 e. The molecule has 0 aromatic rings. The summed E-state index contributed by atoms with van der Waals surface area (Å²) in [5.74, 6) is 3.54. The molecule has 0 spiro atoms. The van der Waals surface area contributed by atoms with Crippen molar-refractivity contribution < 1.29 is 0 Å². The summed E-state index contributed by atoms with van der Waals surface area (Å²) in [5, 5.41) is 3.63. The molecule has 1 heteroatoms. The van der Waals surface area contributed by atoms with Gasteiger partial charge in [-0.25, -0.2) is 0 Å². The first-order chi connectivity index (χ1) is 6.24. The van der Waals surface area contributed by atoms with Crippen LogP contribution in [0.2, 0.25) is 0 Å². The summed E-state index contributed by atoms with van der Waals surface area (Å²) in [4.78, 5) is 0. The molecule has 3 unspecified atom stereocenters. The molecule has 13 heavy (non-hydrogen) atoms. The van der Waals surface area contributed by atoms with E-state index in [2.05, 4.69) is 25.1 Å². The second-order valence-electron chi connectivity index (χ2n) is 4.34. The topological polar surface area (TPSA) is 12.0 Å². The molecule has 0 aliphatic heterocycles. The van der Waals surface area contributed by atoms with Gasteiger partial charge < -0.3 is 5.32 Å². The monoisotopic (exact) mass is 179 g/mol. The molecule has 0 aromatic heterocycles. The van der Waals surface area contributed by atoms with Crippen LogP contribution in [0.1, 0.15) is 46.0 Å². The summed E-state index contributed by atoms with van der Waals surface area (Å²) in [6.45, 7) is 4.53. The fourth-order valence-corrected chi connectivity index (χ4v) is 2.17. The van der Waals surface area contributed by atoms with Crippen molar-refractivity contribution in [1.29, 1.82) is 0 Å². The van der Waals surface area contributed by atoms with Gasteiger partial charge in [0.2, 0.25) is 0 Å². The summed E-state index contributed by atoms with van der Waals surface area (Å²) < 4.78 is 0. The van der Waals surface area contributed by atoms with Gasteiger partial charge in [0.15, 0.2) is 0 Å². The number of hydrogen-bond donors (Lipinski definition) is 1. The SMILES string of the molecule is C#CCC(C)NC1CCCCC1C. The Hall–Kier alpha value is -0.480. The number of hydrogen-bond acceptors (Lipinski definition) is 1. The Bertz CT molecular complexity index is 180. The number of terminal acetylenes is 1. The average Bonchev–Trinajstić information content (AvgIpc) is 2.09. The molecule has 3 atom stereocenters. The van der Waals surface area contributed by atoms with Crippen LogP contribution in [-0.4, -0.2) is 12.1 Å². The Labute approximate surface area is 82.3 Å². The molecule has 0 saturated heterocycles. The summed E-state index contributed by atoms with van der Waals surface area (Å²) in [5.41, 5.74) is 0. The lowest BCUT2D eigenvalue weighted by molar-refractivity contribution is 0.263. The van der Waals surface area contributed by atoms with E-state index in [9.17, 15) is 0 Å². The number of rotatable bonds is 3. The Balaban J connectivity index is 2.30. The maximum absolute atomic E-state index is 5.28. The van der Waals surface area contributed by atoms with Crippen LogP contribution in [0, 0.1) is 18.3 Å². The molecule has 1 saturated carbocycles. The predicted octanol–water partition coefficient (Wildman–Crippen LogP) is 2.57. The third-order valence-electron chi connectivity index (χ3n) is 3.03. The average molecular weight is 179 g/mol. The van der Waals surface area contributed by atoms with E-state index in [4.69, 9.17) is 6.42 Å². The third-order valence-corrected chi connectivity index (χ3v) is 3.03. The van der Waals surface area contributed by atoms with Gasteiger partial charge in [-0.05, 0) is 25.7 Å². The first-order valence-electron chi connectivity index (χ1n) is 5.43. The van der Waals surface area contributed by atoms with Crippen LogP contribution in [0.3, 0.4) is 0 Å². The third kappa shape index (κ3) is 3.40. The van der Waals surface area contributed by atoms with Gasteiger partial charge in [0, 0.05) is 18.5 Å². The molecule has 0 heterocycles. The van der Waals surface area contributed by atoms with E-state index >= 15 is 0 Å².